The molecule has 1 aromatic heterocycles. The SMILES string of the molecule is CCCc1ccc(-c2ccc3c(c2)c(=S)oc2c(F)c(C)ccc23)cc1. The highest BCUT2D eigenvalue weighted by molar-refractivity contribution is 7.71. The molecule has 4 aromatic rings. The molecule has 0 bridgehead atoms. The molecule has 0 aliphatic carbocycles. The van der Waals surface area contributed by atoms with Crippen molar-refractivity contribution in [3.05, 3.63) is 76.2 Å². The summed E-state index contributed by atoms with van der Waals surface area (Å²) in [6.45, 7) is 3.91. The van der Waals surface area contributed by atoms with Crippen LogP contribution in [0.1, 0.15) is 24.5 Å². The molecule has 0 fully saturated rings. The topological polar surface area (TPSA) is 13.1 Å². The fraction of sp³-hybridized carbons (Fsp3) is 0.174. The smallest absolute Gasteiger partial charge is 0.198 e. The predicted octanol–water partition coefficient (Wildman–Crippen LogP) is 7.38. The van der Waals surface area contributed by atoms with Crippen LogP contribution in [0.5, 0.6) is 0 Å². The Morgan fingerprint density at radius 1 is 0.885 bits per heavy atom. The lowest BCUT2D eigenvalue weighted by Gasteiger charge is -2.09. The molecule has 0 saturated heterocycles. The lowest BCUT2D eigenvalue weighted by Crippen LogP contribution is -1.88. The van der Waals surface area contributed by atoms with Crippen LogP contribution in [0.3, 0.4) is 0 Å². The minimum Gasteiger partial charge on any atom is -0.441 e. The van der Waals surface area contributed by atoms with Gasteiger partial charge in [0, 0.05) is 10.8 Å². The molecule has 4 rings (SSSR count). The molecule has 0 N–H and O–H groups in total. The van der Waals surface area contributed by atoms with Gasteiger partial charge in [0.05, 0.1) is 0 Å². The molecular formula is C23H19FOS. The maximum atomic E-state index is 14.4. The normalized spacial score (nSPS) is 11.3. The molecule has 0 atom stereocenters. The van der Waals surface area contributed by atoms with E-state index in [0.717, 1.165) is 40.1 Å². The van der Waals surface area contributed by atoms with Crippen LogP contribution in [0.4, 0.5) is 4.39 Å². The molecule has 0 radical (unpaired) electrons. The fourth-order valence-electron chi connectivity index (χ4n) is 3.39. The third kappa shape index (κ3) is 2.82. The van der Waals surface area contributed by atoms with Crippen molar-refractivity contribution in [2.45, 2.75) is 26.7 Å². The first kappa shape index (κ1) is 16.9. The summed E-state index contributed by atoms with van der Waals surface area (Å²) in [6.07, 6.45) is 2.23. The van der Waals surface area contributed by atoms with Gasteiger partial charge in [0.1, 0.15) is 0 Å². The summed E-state index contributed by atoms with van der Waals surface area (Å²) in [5, 5.41) is 2.51. The van der Waals surface area contributed by atoms with Crippen molar-refractivity contribution in [3.8, 4) is 11.1 Å². The Morgan fingerprint density at radius 3 is 2.31 bits per heavy atom. The predicted molar refractivity (Wildman–Crippen MR) is 109 cm³/mol. The van der Waals surface area contributed by atoms with Gasteiger partial charge >= 0.3 is 0 Å². The highest BCUT2D eigenvalue weighted by Crippen LogP contribution is 2.32. The van der Waals surface area contributed by atoms with Crippen molar-refractivity contribution in [3.63, 3.8) is 0 Å². The molecule has 0 aliphatic heterocycles. The Morgan fingerprint density at radius 2 is 1.58 bits per heavy atom. The van der Waals surface area contributed by atoms with Gasteiger partial charge < -0.3 is 4.42 Å². The monoisotopic (exact) mass is 362 g/mol. The van der Waals surface area contributed by atoms with Gasteiger partial charge in [0.2, 0.25) is 0 Å². The minimum atomic E-state index is -0.342. The van der Waals surface area contributed by atoms with Crippen molar-refractivity contribution in [2.75, 3.05) is 0 Å². The lowest BCUT2D eigenvalue weighted by molar-refractivity contribution is 0.542. The van der Waals surface area contributed by atoms with Gasteiger partial charge in [-0.3, -0.25) is 0 Å². The second-order valence-electron chi connectivity index (χ2n) is 6.67. The average molecular weight is 362 g/mol. The second kappa shape index (κ2) is 6.65. The van der Waals surface area contributed by atoms with Gasteiger partial charge in [0.15, 0.2) is 16.1 Å². The van der Waals surface area contributed by atoms with E-state index < -0.39 is 0 Å². The number of aryl methyl sites for hydroxylation is 2. The van der Waals surface area contributed by atoms with Crippen LogP contribution in [0.25, 0.3) is 32.9 Å². The van der Waals surface area contributed by atoms with E-state index in [-0.39, 0.29) is 11.4 Å². The van der Waals surface area contributed by atoms with Gasteiger partial charge in [-0.2, -0.15) is 0 Å². The van der Waals surface area contributed by atoms with E-state index in [2.05, 4.69) is 37.3 Å². The maximum absolute atomic E-state index is 14.4. The number of hydrogen-bond acceptors (Lipinski definition) is 2. The zero-order valence-electron chi connectivity index (χ0n) is 14.8. The Hall–Kier alpha value is -2.52. The molecule has 0 spiro atoms. The third-order valence-electron chi connectivity index (χ3n) is 4.84. The van der Waals surface area contributed by atoms with Gasteiger partial charge in [-0.15, -0.1) is 0 Å². The van der Waals surface area contributed by atoms with Crippen molar-refractivity contribution in [1.29, 1.82) is 0 Å². The summed E-state index contributed by atoms with van der Waals surface area (Å²) in [7, 11) is 0. The van der Waals surface area contributed by atoms with Crippen LogP contribution in [0, 0.1) is 17.4 Å². The average Bonchev–Trinajstić information content (AvgIpc) is 2.66. The summed E-state index contributed by atoms with van der Waals surface area (Å²) >= 11 is 5.42. The quantitative estimate of drug-likeness (QED) is 0.278. The van der Waals surface area contributed by atoms with Crippen LogP contribution in [-0.4, -0.2) is 0 Å². The van der Waals surface area contributed by atoms with E-state index in [1.165, 1.54) is 5.56 Å². The highest BCUT2D eigenvalue weighted by atomic mass is 32.1. The molecule has 0 unspecified atom stereocenters. The van der Waals surface area contributed by atoms with E-state index in [1.807, 2.05) is 18.2 Å². The number of benzene rings is 3. The van der Waals surface area contributed by atoms with Crippen LogP contribution >= 0.6 is 12.2 Å². The van der Waals surface area contributed by atoms with E-state index >= 15 is 0 Å². The number of hydrogen-bond donors (Lipinski definition) is 0. The lowest BCUT2D eigenvalue weighted by atomic mass is 9.98. The zero-order valence-corrected chi connectivity index (χ0v) is 15.6. The molecule has 0 saturated carbocycles. The molecule has 26 heavy (non-hydrogen) atoms. The standard InChI is InChI=1S/C23H19FOS/c1-3-4-15-6-8-16(9-7-15)17-10-12-18-19-11-5-14(2)21(24)22(19)25-23(26)20(18)13-17/h5-13H,3-4H2,1-2H3. The first-order valence-corrected chi connectivity index (χ1v) is 9.24. The summed E-state index contributed by atoms with van der Waals surface area (Å²) in [6, 6.07) is 18.4. The van der Waals surface area contributed by atoms with E-state index in [1.54, 1.807) is 13.0 Å². The molecule has 1 heterocycles. The van der Waals surface area contributed by atoms with Crippen LogP contribution < -0.4 is 0 Å². The van der Waals surface area contributed by atoms with Crippen molar-refractivity contribution >= 4 is 34.0 Å². The Labute approximate surface area is 157 Å². The number of fused-ring (bicyclic) bond motifs is 3. The minimum absolute atomic E-state index is 0.235. The molecule has 0 amide bonds. The second-order valence-corrected chi connectivity index (χ2v) is 7.04. The van der Waals surface area contributed by atoms with Gasteiger partial charge in [-0.25, -0.2) is 4.39 Å². The van der Waals surface area contributed by atoms with Crippen LogP contribution in [0.15, 0.2) is 59.0 Å². The molecule has 3 aromatic carbocycles. The first-order chi connectivity index (χ1) is 12.6. The maximum Gasteiger partial charge on any atom is 0.198 e. The van der Waals surface area contributed by atoms with Crippen molar-refractivity contribution in [1.82, 2.24) is 0 Å². The van der Waals surface area contributed by atoms with Crippen molar-refractivity contribution in [2.24, 2.45) is 0 Å². The van der Waals surface area contributed by atoms with E-state index in [0.29, 0.717) is 10.3 Å². The van der Waals surface area contributed by atoms with Crippen molar-refractivity contribution < 1.29 is 8.81 Å². The molecule has 0 aliphatic rings. The first-order valence-electron chi connectivity index (χ1n) is 8.83. The van der Waals surface area contributed by atoms with Gasteiger partial charge in [-0.1, -0.05) is 61.9 Å². The third-order valence-corrected chi connectivity index (χ3v) is 5.14. The highest BCUT2D eigenvalue weighted by Gasteiger charge is 2.12. The van der Waals surface area contributed by atoms with Crippen LogP contribution in [-0.2, 0) is 6.42 Å². The summed E-state index contributed by atoms with van der Waals surface area (Å²) in [4.78, 5) is 0. The molecule has 130 valence electrons. The number of halogens is 1. The van der Waals surface area contributed by atoms with Gasteiger partial charge in [-0.05, 0) is 59.3 Å². The van der Waals surface area contributed by atoms with Gasteiger partial charge in [0.25, 0.3) is 0 Å². The largest absolute Gasteiger partial charge is 0.441 e. The van der Waals surface area contributed by atoms with E-state index in [4.69, 9.17) is 16.6 Å². The Bertz CT molecular complexity index is 1170. The molecule has 3 heteroatoms. The Kier molecular flexibility index (Phi) is 4.33. The zero-order chi connectivity index (χ0) is 18.3. The molecule has 1 nitrogen and oxygen atoms in total. The fourth-order valence-corrected chi connectivity index (χ4v) is 3.65. The summed E-state index contributed by atoms with van der Waals surface area (Å²) in [5.74, 6) is -0.342. The van der Waals surface area contributed by atoms with E-state index in [9.17, 15) is 4.39 Å². The summed E-state index contributed by atoms with van der Waals surface area (Å²) < 4.78 is 20.4. The summed E-state index contributed by atoms with van der Waals surface area (Å²) in [5.41, 5.74) is 4.34. The Balaban J connectivity index is 1.90. The number of rotatable bonds is 3. The van der Waals surface area contributed by atoms with Crippen LogP contribution in [0.2, 0.25) is 0 Å². The molecular weight excluding hydrogens is 343 g/mol.